The fourth-order valence-corrected chi connectivity index (χ4v) is 3.21. The van der Waals surface area contributed by atoms with Gasteiger partial charge in [-0.3, -0.25) is 10.1 Å². The molecule has 1 unspecified atom stereocenters. The van der Waals surface area contributed by atoms with Gasteiger partial charge in [-0.1, -0.05) is 46.9 Å². The normalized spacial score (nSPS) is 11.7. The van der Waals surface area contributed by atoms with Crippen molar-refractivity contribution < 1.29 is 9.59 Å². The minimum Gasteiger partial charge on any atom is -0.279 e. The Balaban J connectivity index is 2.52. The molecule has 3 amide bonds. The van der Waals surface area contributed by atoms with Crippen LogP contribution in [-0.4, -0.2) is 18.7 Å². The predicted molar refractivity (Wildman–Crippen MR) is 107 cm³/mol. The molecule has 2 aromatic carbocycles. The maximum atomic E-state index is 12.0. The fourth-order valence-electron chi connectivity index (χ4n) is 2.39. The number of hydrogen-bond acceptors (Lipinski definition) is 4. The molecule has 9 heteroatoms. The molecule has 0 aliphatic rings. The van der Waals surface area contributed by atoms with Crippen molar-refractivity contribution in [3.8, 4) is 6.07 Å². The lowest BCUT2D eigenvalue weighted by Gasteiger charge is -2.20. The molecule has 0 saturated carbocycles. The highest BCUT2D eigenvalue weighted by molar-refractivity contribution is 6.37. The summed E-state index contributed by atoms with van der Waals surface area (Å²) >= 11 is 18.6. The van der Waals surface area contributed by atoms with Gasteiger partial charge in [0.05, 0.1) is 17.7 Å². The number of rotatable bonds is 5. The van der Waals surface area contributed by atoms with Gasteiger partial charge in [-0.05, 0) is 36.8 Å². The summed E-state index contributed by atoms with van der Waals surface area (Å²) in [6.45, 7) is 1.60. The van der Waals surface area contributed by atoms with Crippen molar-refractivity contribution in [2.24, 2.45) is 5.10 Å². The molecule has 0 heterocycles. The van der Waals surface area contributed by atoms with Gasteiger partial charge in [-0.25, -0.2) is 4.79 Å². The summed E-state index contributed by atoms with van der Waals surface area (Å²) < 4.78 is 0. The molecule has 138 valence electrons. The van der Waals surface area contributed by atoms with Crippen molar-refractivity contribution in [2.45, 2.75) is 12.8 Å². The van der Waals surface area contributed by atoms with Crippen molar-refractivity contribution in [2.75, 3.05) is 5.01 Å². The molecule has 0 fully saturated rings. The van der Waals surface area contributed by atoms with Gasteiger partial charge in [0.2, 0.25) is 6.41 Å². The lowest BCUT2D eigenvalue weighted by molar-refractivity contribution is -0.108. The number of hydrogen-bond donors (Lipinski definition) is 1. The van der Waals surface area contributed by atoms with Gasteiger partial charge in [0.1, 0.15) is 0 Å². The second kappa shape index (κ2) is 9.38. The maximum Gasteiger partial charge on any atom is 0.349 e. The number of carbonyl (C=O) groups excluding carboxylic acids is 2. The van der Waals surface area contributed by atoms with Crippen LogP contribution in [0.25, 0.3) is 0 Å². The second-order valence-electron chi connectivity index (χ2n) is 5.19. The van der Waals surface area contributed by atoms with Gasteiger partial charge < -0.3 is 0 Å². The summed E-state index contributed by atoms with van der Waals surface area (Å²) in [4.78, 5) is 22.5. The molecule has 0 aliphatic carbocycles. The molecule has 0 aromatic heterocycles. The Morgan fingerprint density at radius 3 is 2.30 bits per heavy atom. The number of halogens is 3. The van der Waals surface area contributed by atoms with Crippen molar-refractivity contribution in [1.29, 1.82) is 5.26 Å². The minimum atomic E-state index is -0.780. The smallest absolute Gasteiger partial charge is 0.279 e. The highest BCUT2D eigenvalue weighted by Gasteiger charge is 2.23. The number of amides is 3. The molecule has 0 spiro atoms. The molecule has 1 N–H and O–H groups in total. The standard InChI is InChI=1S/C18H13Cl3N4O2/c1-2-24-25(18(27)23-10-26)13-7-15(20)17(16(21)8-13)14(9-22)11-3-5-12(19)6-4-11/h2-8,10,14H,1H3,(H,23,26,27)/b24-2-. The van der Waals surface area contributed by atoms with E-state index in [0.29, 0.717) is 16.1 Å². The molecule has 2 aromatic rings. The predicted octanol–water partition coefficient (Wildman–Crippen LogP) is 4.98. The number of urea groups is 1. The van der Waals surface area contributed by atoms with Crippen LogP contribution in [-0.2, 0) is 4.79 Å². The van der Waals surface area contributed by atoms with E-state index < -0.39 is 11.9 Å². The van der Waals surface area contributed by atoms with Gasteiger partial charge in [-0.2, -0.15) is 15.4 Å². The number of nitriles is 1. The topological polar surface area (TPSA) is 85.6 Å². The number of nitrogens with zero attached hydrogens (tertiary/aromatic N) is 3. The van der Waals surface area contributed by atoms with E-state index in [1.807, 2.05) is 5.32 Å². The summed E-state index contributed by atoms with van der Waals surface area (Å²) in [6, 6.07) is 11.0. The van der Waals surface area contributed by atoms with Gasteiger partial charge in [0.15, 0.2) is 0 Å². The van der Waals surface area contributed by atoms with E-state index >= 15 is 0 Å². The second-order valence-corrected chi connectivity index (χ2v) is 6.44. The Morgan fingerprint density at radius 1 is 1.22 bits per heavy atom. The number of nitrogens with one attached hydrogen (secondary N) is 1. The van der Waals surface area contributed by atoms with Crippen molar-refractivity contribution in [3.63, 3.8) is 0 Å². The van der Waals surface area contributed by atoms with E-state index in [4.69, 9.17) is 34.8 Å². The zero-order valence-corrected chi connectivity index (χ0v) is 16.3. The maximum absolute atomic E-state index is 12.0. The summed E-state index contributed by atoms with van der Waals surface area (Å²) in [5, 5.41) is 17.3. The first-order valence-electron chi connectivity index (χ1n) is 7.59. The third-order valence-corrected chi connectivity index (χ3v) is 4.41. The van der Waals surface area contributed by atoms with E-state index in [1.165, 1.54) is 18.3 Å². The molecule has 2 rings (SSSR count). The summed E-state index contributed by atoms with van der Waals surface area (Å²) in [6.07, 6.45) is 1.61. The van der Waals surface area contributed by atoms with Crippen LogP contribution in [0.5, 0.6) is 0 Å². The van der Waals surface area contributed by atoms with Crippen LogP contribution >= 0.6 is 34.8 Å². The highest BCUT2D eigenvalue weighted by Crippen LogP contribution is 2.39. The Hall–Kier alpha value is -2.59. The molecule has 0 saturated heterocycles. The van der Waals surface area contributed by atoms with Crippen LogP contribution in [0.2, 0.25) is 15.1 Å². The van der Waals surface area contributed by atoms with Crippen LogP contribution in [0.4, 0.5) is 10.5 Å². The first-order valence-corrected chi connectivity index (χ1v) is 8.73. The number of hydrazone groups is 1. The lowest BCUT2D eigenvalue weighted by atomic mass is 9.92. The molecule has 0 bridgehead atoms. The van der Waals surface area contributed by atoms with Crippen LogP contribution < -0.4 is 10.3 Å². The quantitative estimate of drug-likeness (QED) is 0.418. The number of benzene rings is 2. The van der Waals surface area contributed by atoms with Crippen LogP contribution in [0.1, 0.15) is 24.0 Å². The first kappa shape index (κ1) is 20.7. The molecule has 0 radical (unpaired) electrons. The SMILES string of the molecule is C/C=N\N(C(=O)NC=O)c1cc(Cl)c(C(C#N)c2ccc(Cl)cc2)c(Cl)c1. The van der Waals surface area contributed by atoms with Crippen molar-refractivity contribution in [3.05, 3.63) is 62.6 Å². The lowest BCUT2D eigenvalue weighted by Crippen LogP contribution is -2.35. The van der Waals surface area contributed by atoms with Crippen molar-refractivity contribution in [1.82, 2.24) is 5.32 Å². The molecule has 6 nitrogen and oxygen atoms in total. The average molecular weight is 424 g/mol. The van der Waals surface area contributed by atoms with E-state index in [1.54, 1.807) is 31.2 Å². The van der Waals surface area contributed by atoms with Gasteiger partial charge in [0, 0.05) is 26.8 Å². The minimum absolute atomic E-state index is 0.175. The molecule has 27 heavy (non-hydrogen) atoms. The Morgan fingerprint density at radius 2 is 1.81 bits per heavy atom. The van der Waals surface area contributed by atoms with E-state index in [2.05, 4.69) is 11.2 Å². The Labute approximate surface area is 170 Å². The van der Waals surface area contributed by atoms with Crippen molar-refractivity contribution >= 4 is 59.1 Å². The zero-order chi connectivity index (χ0) is 20.0. The first-order chi connectivity index (χ1) is 12.9. The Bertz CT molecular complexity index is 900. The zero-order valence-electron chi connectivity index (χ0n) is 14.0. The van der Waals surface area contributed by atoms with Crippen LogP contribution in [0.15, 0.2) is 41.5 Å². The number of imide groups is 1. The summed E-state index contributed by atoms with van der Waals surface area (Å²) in [7, 11) is 0. The monoisotopic (exact) mass is 422 g/mol. The molecule has 0 aliphatic heterocycles. The van der Waals surface area contributed by atoms with E-state index in [0.717, 1.165) is 5.01 Å². The van der Waals surface area contributed by atoms with E-state index in [9.17, 15) is 14.9 Å². The van der Waals surface area contributed by atoms with Gasteiger partial charge >= 0.3 is 6.03 Å². The van der Waals surface area contributed by atoms with Crippen LogP contribution in [0, 0.1) is 11.3 Å². The summed E-state index contributed by atoms with van der Waals surface area (Å²) in [5.74, 6) is -0.733. The third-order valence-electron chi connectivity index (χ3n) is 3.54. The Kier molecular flexibility index (Phi) is 7.19. The largest absolute Gasteiger partial charge is 0.349 e. The number of carbonyl (C=O) groups is 2. The van der Waals surface area contributed by atoms with E-state index in [-0.39, 0.29) is 22.1 Å². The number of anilines is 1. The van der Waals surface area contributed by atoms with Gasteiger partial charge in [0.25, 0.3) is 0 Å². The average Bonchev–Trinajstić information content (AvgIpc) is 2.63. The molecule has 1 atom stereocenters. The fraction of sp³-hybridized carbons (Fsp3) is 0.111. The summed E-state index contributed by atoms with van der Waals surface area (Å²) in [5.41, 5.74) is 1.29. The molecular formula is C18H13Cl3N4O2. The van der Waals surface area contributed by atoms with Crippen LogP contribution in [0.3, 0.4) is 0 Å². The third kappa shape index (κ3) is 4.77. The highest BCUT2D eigenvalue weighted by atomic mass is 35.5. The van der Waals surface area contributed by atoms with Gasteiger partial charge in [-0.15, -0.1) is 0 Å². The molecular weight excluding hydrogens is 411 g/mol.